The molecule has 1 fully saturated rings. The Morgan fingerprint density at radius 1 is 1.00 bits per heavy atom. The molecular weight excluding hydrogens is 236 g/mol. The molecule has 1 rings (SSSR count). The van der Waals surface area contributed by atoms with Crippen LogP contribution in [0, 0.1) is 0 Å². The zero-order chi connectivity index (χ0) is 11.5. The lowest BCUT2D eigenvalue weighted by atomic mass is 10.4. The monoisotopic (exact) mass is 252 g/mol. The molecule has 0 radical (unpaired) electrons. The number of hydrogen-bond donors (Lipinski definition) is 2. The first-order chi connectivity index (χ1) is 7.20. The Balaban J connectivity index is 0.000000262. The SMILES string of the molecule is NCCSSCCN.O=C1CCC(=O)O1. The van der Waals surface area contributed by atoms with Gasteiger partial charge < -0.3 is 16.2 Å². The fourth-order valence-electron chi connectivity index (χ4n) is 0.647. The lowest BCUT2D eigenvalue weighted by Gasteiger charge is -1.93. The number of cyclic esters (lactones) is 2. The summed E-state index contributed by atoms with van der Waals surface area (Å²) in [6.07, 6.45) is 0.525. The van der Waals surface area contributed by atoms with E-state index in [2.05, 4.69) is 4.74 Å². The molecular formula is C8H16N2O3S2. The third-order valence-corrected chi connectivity index (χ3v) is 3.72. The summed E-state index contributed by atoms with van der Waals surface area (Å²) in [6, 6.07) is 0. The molecule has 4 N–H and O–H groups in total. The minimum absolute atomic E-state index is 0.263. The number of carbonyl (C=O) groups excluding carboxylic acids is 2. The summed E-state index contributed by atoms with van der Waals surface area (Å²) >= 11 is 0. The molecule has 0 aromatic heterocycles. The minimum atomic E-state index is -0.398. The van der Waals surface area contributed by atoms with Crippen LogP contribution in [0.15, 0.2) is 0 Å². The molecule has 0 bridgehead atoms. The molecule has 0 aromatic carbocycles. The highest BCUT2D eigenvalue weighted by molar-refractivity contribution is 8.76. The van der Waals surface area contributed by atoms with Crippen molar-refractivity contribution in [3.8, 4) is 0 Å². The van der Waals surface area contributed by atoms with Gasteiger partial charge in [0.05, 0.1) is 12.8 Å². The molecule has 1 heterocycles. The van der Waals surface area contributed by atoms with Crippen LogP contribution in [0.5, 0.6) is 0 Å². The highest BCUT2D eigenvalue weighted by atomic mass is 33.1. The summed E-state index contributed by atoms with van der Waals surface area (Å²) in [5.41, 5.74) is 10.5. The number of carbonyl (C=O) groups is 2. The van der Waals surface area contributed by atoms with E-state index >= 15 is 0 Å². The van der Waals surface area contributed by atoms with Crippen LogP contribution in [0.1, 0.15) is 12.8 Å². The second-order valence-electron chi connectivity index (χ2n) is 2.57. The van der Waals surface area contributed by atoms with E-state index in [1.54, 1.807) is 21.6 Å². The summed E-state index contributed by atoms with van der Waals surface area (Å²) < 4.78 is 4.08. The van der Waals surface area contributed by atoms with E-state index < -0.39 is 11.9 Å². The first-order valence-electron chi connectivity index (χ1n) is 4.58. The summed E-state index contributed by atoms with van der Waals surface area (Å²) in [7, 11) is 3.58. The van der Waals surface area contributed by atoms with Crippen molar-refractivity contribution < 1.29 is 14.3 Å². The topological polar surface area (TPSA) is 95.4 Å². The van der Waals surface area contributed by atoms with E-state index in [0.29, 0.717) is 0 Å². The largest absolute Gasteiger partial charge is 0.393 e. The number of ether oxygens (including phenoxy) is 1. The van der Waals surface area contributed by atoms with Crippen molar-refractivity contribution in [3.63, 3.8) is 0 Å². The van der Waals surface area contributed by atoms with Gasteiger partial charge in [0.15, 0.2) is 0 Å². The van der Waals surface area contributed by atoms with Crippen molar-refractivity contribution in [1.29, 1.82) is 0 Å². The minimum Gasteiger partial charge on any atom is -0.393 e. The molecule has 15 heavy (non-hydrogen) atoms. The molecule has 5 nitrogen and oxygen atoms in total. The molecule has 0 aliphatic carbocycles. The lowest BCUT2D eigenvalue weighted by Crippen LogP contribution is -2.02. The van der Waals surface area contributed by atoms with Gasteiger partial charge in [0.25, 0.3) is 0 Å². The van der Waals surface area contributed by atoms with Gasteiger partial charge in [-0.15, -0.1) is 0 Å². The summed E-state index contributed by atoms with van der Waals surface area (Å²) in [6.45, 7) is 1.53. The summed E-state index contributed by atoms with van der Waals surface area (Å²) in [4.78, 5) is 20.0. The molecule has 88 valence electrons. The Morgan fingerprint density at radius 2 is 1.40 bits per heavy atom. The average Bonchev–Trinajstić information content (AvgIpc) is 2.58. The Morgan fingerprint density at radius 3 is 1.60 bits per heavy atom. The van der Waals surface area contributed by atoms with Crippen molar-refractivity contribution in [2.24, 2.45) is 11.5 Å². The van der Waals surface area contributed by atoms with Crippen LogP contribution < -0.4 is 11.5 Å². The average molecular weight is 252 g/mol. The molecule has 1 saturated heterocycles. The second-order valence-corrected chi connectivity index (χ2v) is 5.27. The van der Waals surface area contributed by atoms with E-state index in [1.165, 1.54) is 0 Å². The van der Waals surface area contributed by atoms with Gasteiger partial charge in [0.1, 0.15) is 0 Å². The van der Waals surface area contributed by atoms with E-state index in [4.69, 9.17) is 11.5 Å². The molecule has 0 unspecified atom stereocenters. The van der Waals surface area contributed by atoms with Crippen molar-refractivity contribution >= 4 is 33.5 Å². The number of hydrogen-bond acceptors (Lipinski definition) is 7. The Bertz CT molecular complexity index is 182. The predicted molar refractivity (Wildman–Crippen MR) is 63.4 cm³/mol. The molecule has 0 spiro atoms. The fourth-order valence-corrected chi connectivity index (χ4v) is 2.36. The van der Waals surface area contributed by atoms with Gasteiger partial charge in [-0.25, -0.2) is 0 Å². The van der Waals surface area contributed by atoms with Crippen molar-refractivity contribution in [1.82, 2.24) is 0 Å². The van der Waals surface area contributed by atoms with Gasteiger partial charge in [0, 0.05) is 24.6 Å². The standard InChI is InChI=1S/C4H12N2S2.C4H4O3/c5-1-3-7-8-4-2-6;5-3-1-2-4(6)7-3/h1-6H2;1-2H2. The van der Waals surface area contributed by atoms with Gasteiger partial charge in [0.2, 0.25) is 0 Å². The summed E-state index contributed by atoms with van der Waals surface area (Å²) in [5, 5.41) is 0. The highest BCUT2D eigenvalue weighted by Crippen LogP contribution is 2.18. The third-order valence-electron chi connectivity index (χ3n) is 1.25. The third kappa shape index (κ3) is 10.1. The van der Waals surface area contributed by atoms with Crippen LogP contribution in [-0.4, -0.2) is 36.5 Å². The van der Waals surface area contributed by atoms with E-state index in [9.17, 15) is 9.59 Å². The van der Waals surface area contributed by atoms with Gasteiger partial charge in [-0.2, -0.15) is 0 Å². The zero-order valence-corrected chi connectivity index (χ0v) is 10.1. The molecule has 1 aliphatic rings. The van der Waals surface area contributed by atoms with Crippen LogP contribution in [0.4, 0.5) is 0 Å². The Kier molecular flexibility index (Phi) is 10.1. The number of nitrogens with two attached hydrogens (primary N) is 2. The number of rotatable bonds is 5. The zero-order valence-electron chi connectivity index (χ0n) is 8.44. The van der Waals surface area contributed by atoms with E-state index in [1.807, 2.05) is 0 Å². The normalized spacial score (nSPS) is 14.5. The molecule has 0 aromatic rings. The lowest BCUT2D eigenvalue weighted by molar-refractivity contribution is -0.151. The van der Waals surface area contributed by atoms with Crippen LogP contribution in [0.2, 0.25) is 0 Å². The maximum atomic E-state index is 10.0. The van der Waals surface area contributed by atoms with Crippen molar-refractivity contribution in [2.45, 2.75) is 12.8 Å². The number of esters is 2. The van der Waals surface area contributed by atoms with Crippen LogP contribution in [0.3, 0.4) is 0 Å². The Hall–Kier alpha value is -0.240. The fraction of sp³-hybridized carbons (Fsp3) is 0.750. The smallest absolute Gasteiger partial charge is 0.314 e. The quantitative estimate of drug-likeness (QED) is 0.311. The summed E-state index contributed by atoms with van der Waals surface area (Å²) in [5.74, 6) is 1.27. The molecule has 0 saturated carbocycles. The van der Waals surface area contributed by atoms with Gasteiger partial charge in [-0.05, 0) is 0 Å². The first kappa shape index (κ1) is 14.8. The molecule has 0 amide bonds. The van der Waals surface area contributed by atoms with Crippen molar-refractivity contribution in [3.05, 3.63) is 0 Å². The maximum Gasteiger partial charge on any atom is 0.314 e. The highest BCUT2D eigenvalue weighted by Gasteiger charge is 2.19. The predicted octanol–water partition coefficient (Wildman–Crippen LogP) is 0.135. The Labute approximate surface area is 97.1 Å². The van der Waals surface area contributed by atoms with Crippen LogP contribution in [-0.2, 0) is 14.3 Å². The van der Waals surface area contributed by atoms with E-state index in [-0.39, 0.29) is 12.8 Å². The van der Waals surface area contributed by atoms with Gasteiger partial charge in [-0.3, -0.25) is 9.59 Å². The van der Waals surface area contributed by atoms with Gasteiger partial charge in [-0.1, -0.05) is 21.6 Å². The molecule has 7 heteroatoms. The first-order valence-corrected chi connectivity index (χ1v) is 7.07. The van der Waals surface area contributed by atoms with E-state index in [0.717, 1.165) is 24.6 Å². The molecule has 1 aliphatic heterocycles. The van der Waals surface area contributed by atoms with Gasteiger partial charge >= 0.3 is 11.9 Å². The molecule has 0 atom stereocenters. The van der Waals surface area contributed by atoms with Crippen LogP contribution in [0.25, 0.3) is 0 Å². The van der Waals surface area contributed by atoms with Crippen molar-refractivity contribution in [2.75, 3.05) is 24.6 Å². The second kappa shape index (κ2) is 10.3. The maximum absolute atomic E-state index is 10.0. The van der Waals surface area contributed by atoms with Crippen LogP contribution >= 0.6 is 21.6 Å².